The highest BCUT2D eigenvalue weighted by molar-refractivity contribution is 5.79. The van der Waals surface area contributed by atoms with Crippen LogP contribution >= 0.6 is 0 Å². The lowest BCUT2D eigenvalue weighted by Crippen LogP contribution is -2.29. The molecule has 2 saturated heterocycles. The van der Waals surface area contributed by atoms with Gasteiger partial charge in [0.25, 0.3) is 0 Å². The number of carbonyl (C=O) groups is 2. The first-order chi connectivity index (χ1) is 8.27. The first kappa shape index (κ1) is 12.4. The van der Waals surface area contributed by atoms with Gasteiger partial charge in [0.1, 0.15) is 0 Å². The van der Waals surface area contributed by atoms with Crippen LogP contribution in [0.15, 0.2) is 0 Å². The fraction of sp³-hybridized carbons (Fsp3) is 0.846. The Hall–Kier alpha value is -1.06. The van der Waals surface area contributed by atoms with Crippen molar-refractivity contribution >= 4 is 11.8 Å². The van der Waals surface area contributed by atoms with Gasteiger partial charge in [0.2, 0.25) is 11.8 Å². The molecule has 2 aliphatic rings. The van der Waals surface area contributed by atoms with Gasteiger partial charge in [-0.25, -0.2) is 0 Å². The molecule has 0 aromatic heterocycles. The van der Waals surface area contributed by atoms with Crippen LogP contribution in [0.4, 0.5) is 0 Å². The van der Waals surface area contributed by atoms with E-state index in [-0.39, 0.29) is 11.8 Å². The number of hydrogen-bond donors (Lipinski definition) is 0. The molecule has 0 N–H and O–H groups in total. The highest BCUT2D eigenvalue weighted by Gasteiger charge is 2.20. The Morgan fingerprint density at radius 3 is 1.41 bits per heavy atom. The molecule has 96 valence electrons. The quantitative estimate of drug-likeness (QED) is 0.743. The van der Waals surface area contributed by atoms with E-state index in [0.29, 0.717) is 19.3 Å². The van der Waals surface area contributed by atoms with Crippen molar-refractivity contribution < 1.29 is 9.59 Å². The van der Waals surface area contributed by atoms with Crippen molar-refractivity contribution in [1.29, 1.82) is 0 Å². The van der Waals surface area contributed by atoms with Crippen molar-refractivity contribution in [3.8, 4) is 0 Å². The third kappa shape index (κ3) is 3.45. The summed E-state index contributed by atoms with van der Waals surface area (Å²) < 4.78 is 0. The van der Waals surface area contributed by atoms with Gasteiger partial charge in [-0.15, -0.1) is 0 Å². The van der Waals surface area contributed by atoms with E-state index in [2.05, 4.69) is 0 Å². The molecule has 0 aliphatic carbocycles. The minimum absolute atomic E-state index is 0.233. The third-order valence-corrected chi connectivity index (χ3v) is 3.70. The Morgan fingerprint density at radius 1 is 0.706 bits per heavy atom. The molecule has 0 bridgehead atoms. The zero-order valence-corrected chi connectivity index (χ0v) is 10.5. The molecule has 0 spiro atoms. The zero-order valence-electron chi connectivity index (χ0n) is 10.5. The van der Waals surface area contributed by atoms with E-state index in [1.54, 1.807) is 0 Å². The summed E-state index contributed by atoms with van der Waals surface area (Å²) in [6.45, 7) is 3.66. The lowest BCUT2D eigenvalue weighted by Gasteiger charge is -2.17. The summed E-state index contributed by atoms with van der Waals surface area (Å²) in [4.78, 5) is 27.4. The maximum atomic E-state index is 11.7. The smallest absolute Gasteiger partial charge is 0.222 e. The van der Waals surface area contributed by atoms with E-state index in [1.165, 1.54) is 0 Å². The van der Waals surface area contributed by atoms with Crippen LogP contribution in [0, 0.1) is 0 Å². The van der Waals surface area contributed by atoms with E-state index < -0.39 is 0 Å². The van der Waals surface area contributed by atoms with Crippen LogP contribution in [0.2, 0.25) is 0 Å². The fourth-order valence-electron chi connectivity index (χ4n) is 2.64. The van der Waals surface area contributed by atoms with Gasteiger partial charge in [-0.3, -0.25) is 9.59 Å². The summed E-state index contributed by atoms with van der Waals surface area (Å²) in [5, 5.41) is 0. The highest BCUT2D eigenvalue weighted by atomic mass is 16.2. The molecule has 2 rings (SSSR count). The number of hydrogen-bond acceptors (Lipinski definition) is 2. The molecule has 0 unspecified atom stereocenters. The van der Waals surface area contributed by atoms with Gasteiger partial charge in [0.15, 0.2) is 0 Å². The van der Waals surface area contributed by atoms with Crippen molar-refractivity contribution in [2.45, 2.75) is 44.9 Å². The molecule has 2 amide bonds. The molecule has 2 fully saturated rings. The average molecular weight is 238 g/mol. The maximum absolute atomic E-state index is 11.7. The van der Waals surface area contributed by atoms with Crippen molar-refractivity contribution in [2.24, 2.45) is 0 Å². The lowest BCUT2D eigenvalue weighted by molar-refractivity contribution is -0.131. The van der Waals surface area contributed by atoms with Gasteiger partial charge >= 0.3 is 0 Å². The summed E-state index contributed by atoms with van der Waals surface area (Å²) >= 11 is 0. The van der Waals surface area contributed by atoms with Crippen molar-refractivity contribution in [3.05, 3.63) is 0 Å². The molecule has 0 aromatic carbocycles. The van der Waals surface area contributed by atoms with Gasteiger partial charge in [0.05, 0.1) is 0 Å². The number of carbonyl (C=O) groups excluding carboxylic acids is 2. The van der Waals surface area contributed by atoms with Crippen LogP contribution in [-0.4, -0.2) is 47.8 Å². The van der Waals surface area contributed by atoms with Crippen molar-refractivity contribution in [3.63, 3.8) is 0 Å². The van der Waals surface area contributed by atoms with Gasteiger partial charge in [-0.1, -0.05) is 0 Å². The van der Waals surface area contributed by atoms with Crippen LogP contribution in [0.5, 0.6) is 0 Å². The highest BCUT2D eigenvalue weighted by Crippen LogP contribution is 2.13. The van der Waals surface area contributed by atoms with E-state index in [0.717, 1.165) is 51.9 Å². The summed E-state index contributed by atoms with van der Waals surface area (Å²) in [6.07, 6.45) is 6.34. The third-order valence-electron chi connectivity index (χ3n) is 3.70. The first-order valence-corrected chi connectivity index (χ1v) is 6.83. The number of rotatable bonds is 4. The van der Waals surface area contributed by atoms with Crippen molar-refractivity contribution in [2.75, 3.05) is 26.2 Å². The topological polar surface area (TPSA) is 40.6 Å². The lowest BCUT2D eigenvalue weighted by atomic mass is 10.2. The largest absolute Gasteiger partial charge is 0.343 e. The molecule has 0 saturated carbocycles. The Bertz CT molecular complexity index is 251. The summed E-state index contributed by atoms with van der Waals surface area (Å²) in [6, 6.07) is 0. The SMILES string of the molecule is O=C(CCCC(=O)N1CCCC1)N1CCCC1. The standard InChI is InChI=1S/C13H22N2O2/c16-12(14-8-1-2-9-14)6-5-7-13(17)15-10-3-4-11-15/h1-11H2. The molecular formula is C13H22N2O2. The Balaban J connectivity index is 1.61. The maximum Gasteiger partial charge on any atom is 0.222 e. The van der Waals surface area contributed by atoms with Gasteiger partial charge < -0.3 is 9.80 Å². The van der Waals surface area contributed by atoms with Crippen molar-refractivity contribution in [1.82, 2.24) is 9.80 Å². The normalized spacial score (nSPS) is 20.0. The Morgan fingerprint density at radius 2 is 1.06 bits per heavy atom. The van der Waals surface area contributed by atoms with Crippen LogP contribution in [0.3, 0.4) is 0 Å². The summed E-state index contributed by atoms with van der Waals surface area (Å²) in [5.41, 5.74) is 0. The molecule has 0 radical (unpaired) electrons. The van der Waals surface area contributed by atoms with Gasteiger partial charge in [-0.2, -0.15) is 0 Å². The van der Waals surface area contributed by atoms with Crippen LogP contribution in [0.25, 0.3) is 0 Å². The minimum Gasteiger partial charge on any atom is -0.343 e. The van der Waals surface area contributed by atoms with E-state index in [9.17, 15) is 9.59 Å². The number of likely N-dealkylation sites (tertiary alicyclic amines) is 2. The van der Waals surface area contributed by atoms with E-state index in [4.69, 9.17) is 0 Å². The fourth-order valence-corrected chi connectivity index (χ4v) is 2.64. The molecule has 0 atom stereocenters. The molecule has 4 heteroatoms. The molecule has 17 heavy (non-hydrogen) atoms. The monoisotopic (exact) mass is 238 g/mol. The second-order valence-corrected chi connectivity index (χ2v) is 5.03. The van der Waals surface area contributed by atoms with Gasteiger partial charge in [0, 0.05) is 39.0 Å². The predicted octanol–water partition coefficient (Wildman–Crippen LogP) is 1.40. The van der Waals surface area contributed by atoms with Crippen LogP contribution < -0.4 is 0 Å². The Kier molecular flexibility index (Phi) is 4.40. The van der Waals surface area contributed by atoms with Crippen LogP contribution in [-0.2, 0) is 9.59 Å². The molecule has 2 aliphatic heterocycles. The molecule has 2 heterocycles. The van der Waals surface area contributed by atoms with Gasteiger partial charge in [-0.05, 0) is 32.1 Å². The second-order valence-electron chi connectivity index (χ2n) is 5.03. The minimum atomic E-state index is 0.233. The summed E-state index contributed by atoms with van der Waals surface area (Å²) in [5.74, 6) is 0.466. The molecule has 4 nitrogen and oxygen atoms in total. The van der Waals surface area contributed by atoms with Crippen LogP contribution in [0.1, 0.15) is 44.9 Å². The number of amides is 2. The Labute approximate surface area is 103 Å². The molecule has 0 aromatic rings. The van der Waals surface area contributed by atoms with E-state index in [1.807, 2.05) is 9.80 Å². The molecular weight excluding hydrogens is 216 g/mol. The number of nitrogens with zero attached hydrogens (tertiary/aromatic N) is 2. The zero-order chi connectivity index (χ0) is 12.1. The first-order valence-electron chi connectivity index (χ1n) is 6.83. The average Bonchev–Trinajstić information content (AvgIpc) is 3.02. The predicted molar refractivity (Wildman–Crippen MR) is 65.5 cm³/mol. The summed E-state index contributed by atoms with van der Waals surface area (Å²) in [7, 11) is 0. The second kappa shape index (κ2) is 6.03. The van der Waals surface area contributed by atoms with E-state index >= 15 is 0 Å².